The van der Waals surface area contributed by atoms with Gasteiger partial charge in [-0.2, -0.15) is 0 Å². The van der Waals surface area contributed by atoms with Gasteiger partial charge in [0.15, 0.2) is 0 Å². The first-order valence-corrected chi connectivity index (χ1v) is 7.36. The van der Waals surface area contributed by atoms with Gasteiger partial charge < -0.3 is 20.1 Å². The van der Waals surface area contributed by atoms with E-state index >= 15 is 0 Å². The van der Waals surface area contributed by atoms with Crippen LogP contribution in [0.3, 0.4) is 0 Å². The molecule has 21 heavy (non-hydrogen) atoms. The summed E-state index contributed by atoms with van der Waals surface area (Å²) in [5, 5.41) is 0. The lowest BCUT2D eigenvalue weighted by Crippen LogP contribution is -2.47. The number of nitrogens with zero attached hydrogens (tertiary/aromatic N) is 1. The van der Waals surface area contributed by atoms with Gasteiger partial charge in [-0.15, -0.1) is 0 Å². The minimum atomic E-state index is -0.337. The van der Waals surface area contributed by atoms with Crippen LogP contribution < -0.4 is 10.6 Å². The van der Waals surface area contributed by atoms with Crippen molar-refractivity contribution in [3.05, 3.63) is 23.8 Å². The molecule has 0 amide bonds. The predicted octanol–water partition coefficient (Wildman–Crippen LogP) is 2.45. The molecule has 0 bridgehead atoms. The Kier molecular flexibility index (Phi) is 4.73. The fourth-order valence-electron chi connectivity index (χ4n) is 2.76. The molecular formula is C16H24N2O3. The maximum absolute atomic E-state index is 11.7. The average molecular weight is 292 g/mol. The summed E-state index contributed by atoms with van der Waals surface area (Å²) >= 11 is 0. The van der Waals surface area contributed by atoms with Crippen molar-refractivity contribution in [3.8, 4) is 0 Å². The third-order valence-corrected chi connectivity index (χ3v) is 4.03. The Morgan fingerprint density at radius 1 is 1.48 bits per heavy atom. The Morgan fingerprint density at radius 3 is 2.86 bits per heavy atom. The Bertz CT molecular complexity index is 518. The Hall–Kier alpha value is -1.75. The van der Waals surface area contributed by atoms with Crippen LogP contribution in [0.4, 0.5) is 11.4 Å². The zero-order valence-corrected chi connectivity index (χ0v) is 13.0. The molecule has 5 nitrogen and oxygen atoms in total. The van der Waals surface area contributed by atoms with Crippen LogP contribution in [0.1, 0.15) is 37.0 Å². The van der Waals surface area contributed by atoms with Gasteiger partial charge in [0.1, 0.15) is 0 Å². The van der Waals surface area contributed by atoms with E-state index in [1.54, 1.807) is 26.2 Å². The second kappa shape index (κ2) is 6.35. The maximum atomic E-state index is 11.7. The highest BCUT2D eigenvalue weighted by Crippen LogP contribution is 2.31. The molecule has 1 aliphatic heterocycles. The van der Waals surface area contributed by atoms with E-state index in [1.807, 2.05) is 6.07 Å². The largest absolute Gasteiger partial charge is 0.462 e. The highest BCUT2D eigenvalue weighted by molar-refractivity contribution is 5.92. The molecule has 0 aliphatic carbocycles. The van der Waals surface area contributed by atoms with E-state index in [-0.39, 0.29) is 11.6 Å². The summed E-state index contributed by atoms with van der Waals surface area (Å²) in [6.45, 7) is 6.00. The van der Waals surface area contributed by atoms with Crippen LogP contribution in [0, 0.1) is 0 Å². The molecule has 1 unspecified atom stereocenters. The van der Waals surface area contributed by atoms with Gasteiger partial charge in [-0.3, -0.25) is 0 Å². The van der Waals surface area contributed by atoms with E-state index in [9.17, 15) is 4.79 Å². The summed E-state index contributed by atoms with van der Waals surface area (Å²) in [5.74, 6) is -0.337. The SMILES string of the molecule is CCOC(=O)c1ccc(N2CCCC(C)(OC)C2)c(N)c1. The monoisotopic (exact) mass is 292 g/mol. The fraction of sp³-hybridized carbons (Fsp3) is 0.562. The molecule has 116 valence electrons. The number of carbonyl (C=O) groups is 1. The molecule has 1 aromatic rings. The minimum Gasteiger partial charge on any atom is -0.462 e. The van der Waals surface area contributed by atoms with Gasteiger partial charge in [0.25, 0.3) is 0 Å². The van der Waals surface area contributed by atoms with Crippen LogP contribution >= 0.6 is 0 Å². The van der Waals surface area contributed by atoms with E-state index in [2.05, 4.69) is 11.8 Å². The molecule has 1 fully saturated rings. The van der Waals surface area contributed by atoms with Crippen molar-refractivity contribution in [3.63, 3.8) is 0 Å². The number of esters is 1. The van der Waals surface area contributed by atoms with Gasteiger partial charge in [-0.25, -0.2) is 4.79 Å². The average Bonchev–Trinajstić information content (AvgIpc) is 2.47. The normalized spacial score (nSPS) is 22.1. The van der Waals surface area contributed by atoms with Gasteiger partial charge in [-0.1, -0.05) is 0 Å². The lowest BCUT2D eigenvalue weighted by molar-refractivity contribution is -0.00463. The summed E-state index contributed by atoms with van der Waals surface area (Å²) < 4.78 is 10.6. The van der Waals surface area contributed by atoms with Gasteiger partial charge in [0, 0.05) is 20.2 Å². The smallest absolute Gasteiger partial charge is 0.338 e. The number of anilines is 2. The molecular weight excluding hydrogens is 268 g/mol. The number of ether oxygens (including phenoxy) is 2. The topological polar surface area (TPSA) is 64.8 Å². The first-order valence-electron chi connectivity index (χ1n) is 7.36. The van der Waals surface area contributed by atoms with Crippen LogP contribution in [-0.4, -0.2) is 38.4 Å². The Labute approximate surface area is 126 Å². The van der Waals surface area contributed by atoms with Crippen LogP contribution in [-0.2, 0) is 9.47 Å². The van der Waals surface area contributed by atoms with Crippen molar-refractivity contribution < 1.29 is 14.3 Å². The lowest BCUT2D eigenvalue weighted by Gasteiger charge is -2.41. The first kappa shape index (κ1) is 15.6. The molecule has 1 aliphatic rings. The summed E-state index contributed by atoms with van der Waals surface area (Å²) in [6.07, 6.45) is 2.10. The Balaban J connectivity index is 2.19. The van der Waals surface area contributed by atoms with E-state index in [0.29, 0.717) is 17.9 Å². The van der Waals surface area contributed by atoms with Crippen LogP contribution in [0.5, 0.6) is 0 Å². The number of nitrogen functional groups attached to an aromatic ring is 1. The lowest BCUT2D eigenvalue weighted by atomic mass is 9.94. The molecule has 1 saturated heterocycles. The van der Waals surface area contributed by atoms with Crippen molar-refractivity contribution in [2.24, 2.45) is 0 Å². The van der Waals surface area contributed by atoms with Crippen molar-refractivity contribution in [2.75, 3.05) is 37.4 Å². The van der Waals surface area contributed by atoms with Crippen molar-refractivity contribution in [1.82, 2.24) is 0 Å². The quantitative estimate of drug-likeness (QED) is 0.682. The zero-order chi connectivity index (χ0) is 15.5. The molecule has 1 heterocycles. The highest BCUT2D eigenvalue weighted by atomic mass is 16.5. The number of carbonyl (C=O) groups excluding carboxylic acids is 1. The van der Waals surface area contributed by atoms with Crippen LogP contribution in [0.2, 0.25) is 0 Å². The third kappa shape index (κ3) is 3.47. The van der Waals surface area contributed by atoms with E-state index in [0.717, 1.165) is 31.6 Å². The summed E-state index contributed by atoms with van der Waals surface area (Å²) in [4.78, 5) is 13.9. The Morgan fingerprint density at radius 2 is 2.24 bits per heavy atom. The van der Waals surface area contributed by atoms with E-state index in [4.69, 9.17) is 15.2 Å². The van der Waals surface area contributed by atoms with E-state index < -0.39 is 0 Å². The fourth-order valence-corrected chi connectivity index (χ4v) is 2.76. The molecule has 0 radical (unpaired) electrons. The third-order valence-electron chi connectivity index (χ3n) is 4.03. The number of methoxy groups -OCH3 is 1. The number of hydrogen-bond donors (Lipinski definition) is 1. The molecule has 0 spiro atoms. The predicted molar refractivity (Wildman–Crippen MR) is 83.7 cm³/mol. The van der Waals surface area contributed by atoms with Crippen LogP contribution in [0.15, 0.2) is 18.2 Å². The second-order valence-corrected chi connectivity index (χ2v) is 5.67. The van der Waals surface area contributed by atoms with E-state index in [1.165, 1.54) is 0 Å². The molecule has 2 N–H and O–H groups in total. The highest BCUT2D eigenvalue weighted by Gasteiger charge is 2.31. The maximum Gasteiger partial charge on any atom is 0.338 e. The molecule has 0 saturated carbocycles. The summed E-state index contributed by atoms with van der Waals surface area (Å²) in [7, 11) is 1.75. The molecule has 1 aromatic carbocycles. The van der Waals surface area contributed by atoms with Crippen molar-refractivity contribution in [2.45, 2.75) is 32.3 Å². The van der Waals surface area contributed by atoms with Gasteiger partial charge >= 0.3 is 5.97 Å². The first-order chi connectivity index (χ1) is 9.99. The number of hydrogen-bond acceptors (Lipinski definition) is 5. The summed E-state index contributed by atoms with van der Waals surface area (Å²) in [5.41, 5.74) is 8.02. The molecule has 0 aromatic heterocycles. The molecule has 2 rings (SSSR count). The van der Waals surface area contributed by atoms with Crippen molar-refractivity contribution in [1.29, 1.82) is 0 Å². The zero-order valence-electron chi connectivity index (χ0n) is 13.0. The van der Waals surface area contributed by atoms with Gasteiger partial charge in [0.2, 0.25) is 0 Å². The number of piperidine rings is 1. The van der Waals surface area contributed by atoms with Crippen LogP contribution in [0.25, 0.3) is 0 Å². The number of nitrogens with two attached hydrogens (primary N) is 1. The summed E-state index contributed by atoms with van der Waals surface area (Å²) in [6, 6.07) is 5.34. The minimum absolute atomic E-state index is 0.148. The number of rotatable bonds is 4. The molecule has 1 atom stereocenters. The van der Waals surface area contributed by atoms with Gasteiger partial charge in [-0.05, 0) is 44.9 Å². The van der Waals surface area contributed by atoms with Crippen molar-refractivity contribution >= 4 is 17.3 Å². The van der Waals surface area contributed by atoms with Gasteiger partial charge in [0.05, 0.1) is 29.1 Å². The molecule has 5 heteroatoms. The number of benzene rings is 1. The standard InChI is InChI=1S/C16H24N2O3/c1-4-21-15(19)12-6-7-14(13(17)10-12)18-9-5-8-16(2,11-18)20-3/h6-7,10H,4-5,8-9,11,17H2,1-3H3. The second-order valence-electron chi connectivity index (χ2n) is 5.67.